The Morgan fingerprint density at radius 2 is 1.96 bits per heavy atom. The largest absolute Gasteiger partial charge is 0.347 e. The zero-order chi connectivity index (χ0) is 17.1. The maximum Gasteiger partial charge on any atom is 0.320 e. The first kappa shape index (κ1) is 16.0. The van der Waals surface area contributed by atoms with Gasteiger partial charge in [0.25, 0.3) is 0 Å². The summed E-state index contributed by atoms with van der Waals surface area (Å²) in [6.07, 6.45) is 2.86. The number of carbonyl (C=O) groups is 2. The number of rotatable bonds is 4. The van der Waals surface area contributed by atoms with Crippen LogP contribution in [0.3, 0.4) is 0 Å². The summed E-state index contributed by atoms with van der Waals surface area (Å²) < 4.78 is 1.76. The number of carbonyl (C=O) groups excluding carboxylic acids is 2. The van der Waals surface area contributed by atoms with Crippen LogP contribution in [0, 0.1) is 0 Å². The van der Waals surface area contributed by atoms with Crippen LogP contribution in [0.25, 0.3) is 5.69 Å². The van der Waals surface area contributed by atoms with E-state index in [1.165, 1.54) is 4.90 Å². The number of para-hydroxylation sites is 1. The van der Waals surface area contributed by atoms with Crippen LogP contribution >= 0.6 is 0 Å². The Morgan fingerprint density at radius 3 is 2.67 bits per heavy atom. The molecule has 1 aliphatic rings. The minimum absolute atomic E-state index is 0.0412. The van der Waals surface area contributed by atoms with E-state index in [1.54, 1.807) is 18.8 Å². The van der Waals surface area contributed by atoms with Gasteiger partial charge >= 0.3 is 6.03 Å². The van der Waals surface area contributed by atoms with Gasteiger partial charge in [-0.2, -0.15) is 5.10 Å². The van der Waals surface area contributed by atoms with E-state index in [2.05, 4.69) is 15.7 Å². The molecule has 7 nitrogen and oxygen atoms in total. The first-order valence-corrected chi connectivity index (χ1v) is 7.97. The van der Waals surface area contributed by atoms with E-state index in [-0.39, 0.29) is 12.5 Å². The molecule has 0 spiro atoms. The van der Waals surface area contributed by atoms with Gasteiger partial charge in [0.15, 0.2) is 0 Å². The van der Waals surface area contributed by atoms with Crippen LogP contribution < -0.4 is 10.6 Å². The molecule has 2 N–H and O–H groups in total. The Bertz CT molecular complexity index is 752. The van der Waals surface area contributed by atoms with Crippen molar-refractivity contribution in [3.8, 4) is 5.69 Å². The van der Waals surface area contributed by atoms with Crippen molar-refractivity contribution < 1.29 is 9.59 Å². The number of nitrogens with zero attached hydrogens (tertiary/aromatic N) is 3. The summed E-state index contributed by atoms with van der Waals surface area (Å²) in [5.74, 6) is 0.524. The number of nitrogens with one attached hydrogen (secondary N) is 2. The number of likely N-dealkylation sites (N-methyl/N-ethyl adjacent to an activating group) is 1. The number of benzene rings is 1. The molecule has 0 fully saturated rings. The van der Waals surface area contributed by atoms with Crippen LogP contribution in [0.5, 0.6) is 0 Å². The van der Waals surface area contributed by atoms with E-state index in [9.17, 15) is 9.59 Å². The zero-order valence-corrected chi connectivity index (χ0v) is 13.9. The molecule has 24 heavy (non-hydrogen) atoms. The van der Waals surface area contributed by atoms with Crippen LogP contribution in [-0.2, 0) is 17.6 Å². The van der Waals surface area contributed by atoms with Crippen molar-refractivity contribution >= 4 is 17.8 Å². The molecule has 0 atom stereocenters. The first-order valence-electron chi connectivity index (χ1n) is 7.97. The molecular formula is C17H21N5O2. The normalized spacial score (nSPS) is 12.6. The lowest BCUT2D eigenvalue weighted by atomic mass is 10.2. The topological polar surface area (TPSA) is 79.3 Å². The summed E-state index contributed by atoms with van der Waals surface area (Å²) >= 11 is 0. The fourth-order valence-corrected chi connectivity index (χ4v) is 2.74. The smallest absolute Gasteiger partial charge is 0.320 e. The van der Waals surface area contributed by atoms with E-state index in [0.29, 0.717) is 5.82 Å². The van der Waals surface area contributed by atoms with Crippen LogP contribution in [0.4, 0.5) is 10.6 Å². The van der Waals surface area contributed by atoms with Crippen LogP contribution in [0.1, 0.15) is 17.7 Å². The van der Waals surface area contributed by atoms with Gasteiger partial charge in [0.2, 0.25) is 5.91 Å². The molecule has 1 aliphatic carbocycles. The Kier molecular flexibility index (Phi) is 4.50. The molecule has 1 heterocycles. The molecule has 7 heteroatoms. The lowest BCUT2D eigenvalue weighted by Gasteiger charge is -2.13. The lowest BCUT2D eigenvalue weighted by molar-refractivity contribution is -0.127. The Balaban J connectivity index is 1.80. The van der Waals surface area contributed by atoms with Crippen LogP contribution in [0.15, 0.2) is 30.3 Å². The van der Waals surface area contributed by atoms with Crippen molar-refractivity contribution in [3.05, 3.63) is 41.6 Å². The van der Waals surface area contributed by atoms with Crippen molar-refractivity contribution in [1.82, 2.24) is 20.0 Å². The Morgan fingerprint density at radius 1 is 1.21 bits per heavy atom. The summed E-state index contributed by atoms with van der Waals surface area (Å²) in [6.45, 7) is -0.0412. The Hall–Kier alpha value is -2.83. The van der Waals surface area contributed by atoms with E-state index >= 15 is 0 Å². The molecule has 0 bridgehead atoms. The lowest BCUT2D eigenvalue weighted by Crippen LogP contribution is -2.38. The molecule has 2 aromatic rings. The average Bonchev–Trinajstić information content (AvgIpc) is 3.16. The van der Waals surface area contributed by atoms with Crippen molar-refractivity contribution in [2.75, 3.05) is 26.0 Å². The SMILES string of the molecule is CN(C)C(=O)CNC(=O)Nc1c2c(nn1-c1ccccc1)CCC2. The number of urea groups is 1. The van der Waals surface area contributed by atoms with Gasteiger partial charge in [0.1, 0.15) is 5.82 Å². The Labute approximate surface area is 140 Å². The number of hydrogen-bond acceptors (Lipinski definition) is 3. The van der Waals surface area contributed by atoms with Gasteiger partial charge in [-0.15, -0.1) is 0 Å². The van der Waals surface area contributed by atoms with Crippen molar-refractivity contribution in [3.63, 3.8) is 0 Å². The minimum atomic E-state index is -0.406. The quantitative estimate of drug-likeness (QED) is 0.894. The number of amides is 3. The van der Waals surface area contributed by atoms with E-state index in [4.69, 9.17) is 0 Å². The molecule has 0 saturated heterocycles. The third-order valence-electron chi connectivity index (χ3n) is 4.04. The monoisotopic (exact) mass is 327 g/mol. The first-order chi connectivity index (χ1) is 11.6. The average molecular weight is 327 g/mol. The molecule has 1 aromatic heterocycles. The van der Waals surface area contributed by atoms with Crippen LogP contribution in [0.2, 0.25) is 0 Å². The van der Waals surface area contributed by atoms with Gasteiger partial charge in [-0.1, -0.05) is 18.2 Å². The van der Waals surface area contributed by atoms with E-state index < -0.39 is 6.03 Å². The molecule has 1 aromatic carbocycles. The predicted molar refractivity (Wildman–Crippen MR) is 91.3 cm³/mol. The van der Waals surface area contributed by atoms with Gasteiger partial charge in [-0.25, -0.2) is 9.48 Å². The molecular weight excluding hydrogens is 306 g/mol. The highest BCUT2D eigenvalue weighted by Crippen LogP contribution is 2.30. The van der Waals surface area contributed by atoms with Gasteiger partial charge in [0, 0.05) is 19.7 Å². The fourth-order valence-electron chi connectivity index (χ4n) is 2.74. The molecule has 126 valence electrons. The third kappa shape index (κ3) is 3.24. The molecule has 0 unspecified atom stereocenters. The highest BCUT2D eigenvalue weighted by molar-refractivity contribution is 5.92. The number of aromatic nitrogens is 2. The highest BCUT2D eigenvalue weighted by Gasteiger charge is 2.24. The maximum atomic E-state index is 12.2. The highest BCUT2D eigenvalue weighted by atomic mass is 16.2. The minimum Gasteiger partial charge on any atom is -0.347 e. The maximum absolute atomic E-state index is 12.2. The van der Waals surface area contributed by atoms with Crippen LogP contribution in [-0.4, -0.2) is 47.3 Å². The molecule has 3 amide bonds. The summed E-state index contributed by atoms with van der Waals surface area (Å²) in [5, 5.41) is 10.1. The van der Waals surface area contributed by atoms with Gasteiger partial charge in [-0.3, -0.25) is 10.1 Å². The summed E-state index contributed by atoms with van der Waals surface area (Å²) in [7, 11) is 3.30. The second-order valence-electron chi connectivity index (χ2n) is 5.97. The number of aryl methyl sites for hydroxylation is 1. The number of fused-ring (bicyclic) bond motifs is 1. The fraction of sp³-hybridized carbons (Fsp3) is 0.353. The standard InChI is InChI=1S/C17H21N5O2/c1-21(2)15(23)11-18-17(24)19-16-13-9-6-10-14(13)20-22(16)12-7-4-3-5-8-12/h3-5,7-8H,6,9-11H2,1-2H3,(H2,18,19,24). The van der Waals surface area contributed by atoms with E-state index in [1.807, 2.05) is 30.3 Å². The summed E-state index contributed by atoms with van der Waals surface area (Å²) in [5.41, 5.74) is 3.00. The van der Waals surface area contributed by atoms with Gasteiger partial charge in [0.05, 0.1) is 17.9 Å². The zero-order valence-electron chi connectivity index (χ0n) is 13.9. The molecule has 3 rings (SSSR count). The van der Waals surface area contributed by atoms with E-state index in [0.717, 1.165) is 36.2 Å². The third-order valence-corrected chi connectivity index (χ3v) is 4.04. The van der Waals surface area contributed by atoms with Gasteiger partial charge < -0.3 is 10.2 Å². The second-order valence-corrected chi connectivity index (χ2v) is 5.97. The van der Waals surface area contributed by atoms with Crippen molar-refractivity contribution in [2.45, 2.75) is 19.3 Å². The predicted octanol–water partition coefficient (Wildman–Crippen LogP) is 1.57. The van der Waals surface area contributed by atoms with Crippen molar-refractivity contribution in [1.29, 1.82) is 0 Å². The number of hydrogen-bond donors (Lipinski definition) is 2. The van der Waals surface area contributed by atoms with Gasteiger partial charge in [-0.05, 0) is 31.4 Å². The number of anilines is 1. The summed E-state index contributed by atoms with van der Waals surface area (Å²) in [6, 6.07) is 9.29. The molecule has 0 radical (unpaired) electrons. The second kappa shape index (κ2) is 6.74. The molecule has 0 saturated carbocycles. The molecule has 0 aliphatic heterocycles. The summed E-state index contributed by atoms with van der Waals surface area (Å²) in [4.78, 5) is 25.2. The van der Waals surface area contributed by atoms with Crippen molar-refractivity contribution in [2.24, 2.45) is 0 Å².